The highest BCUT2D eigenvalue weighted by Crippen LogP contribution is 2.20. The lowest BCUT2D eigenvalue weighted by atomic mass is 10.2. The van der Waals surface area contributed by atoms with E-state index in [1.807, 2.05) is 13.0 Å². The molecular formula is C11H15ClN2OS2. The Balaban J connectivity index is 2.59. The highest BCUT2D eigenvalue weighted by molar-refractivity contribution is 7.84. The molecule has 0 saturated carbocycles. The zero-order valence-electron chi connectivity index (χ0n) is 9.53. The van der Waals surface area contributed by atoms with Gasteiger partial charge in [0.15, 0.2) is 0 Å². The smallest absolute Gasteiger partial charge is 0.105 e. The number of thiocarbonyl (C=S) groups is 1. The number of benzene rings is 1. The summed E-state index contributed by atoms with van der Waals surface area (Å²) in [6.45, 7) is 2.56. The van der Waals surface area contributed by atoms with Crippen molar-refractivity contribution in [2.75, 3.05) is 23.4 Å². The van der Waals surface area contributed by atoms with Crippen LogP contribution in [0.4, 0.5) is 5.69 Å². The first-order valence-corrected chi connectivity index (χ1v) is 7.50. The van der Waals surface area contributed by atoms with Crippen LogP contribution in [0.3, 0.4) is 0 Å². The van der Waals surface area contributed by atoms with Gasteiger partial charge < -0.3 is 11.1 Å². The van der Waals surface area contributed by atoms with Crippen molar-refractivity contribution in [2.24, 2.45) is 5.73 Å². The number of nitrogens with two attached hydrogens (primary N) is 1. The molecule has 0 aliphatic carbocycles. The average Bonchev–Trinajstić information content (AvgIpc) is 2.28. The quantitative estimate of drug-likeness (QED) is 0.788. The van der Waals surface area contributed by atoms with Crippen LogP contribution >= 0.6 is 23.8 Å². The predicted molar refractivity (Wildman–Crippen MR) is 79.4 cm³/mol. The Morgan fingerprint density at radius 3 is 2.82 bits per heavy atom. The molecule has 3 nitrogen and oxygen atoms in total. The van der Waals surface area contributed by atoms with Crippen molar-refractivity contribution in [3.63, 3.8) is 0 Å². The fourth-order valence-corrected chi connectivity index (χ4v) is 2.41. The lowest BCUT2D eigenvalue weighted by molar-refractivity contribution is 0.684. The normalized spacial score (nSPS) is 12.1. The molecule has 1 rings (SSSR count). The first-order valence-electron chi connectivity index (χ1n) is 5.22. The summed E-state index contributed by atoms with van der Waals surface area (Å²) in [5.74, 6) is 1.31. The molecular weight excluding hydrogens is 276 g/mol. The monoisotopic (exact) mass is 290 g/mol. The molecule has 0 bridgehead atoms. The van der Waals surface area contributed by atoms with Crippen LogP contribution < -0.4 is 11.1 Å². The first kappa shape index (κ1) is 14.4. The Labute approximate surface area is 114 Å². The third-order valence-electron chi connectivity index (χ3n) is 2.22. The van der Waals surface area contributed by atoms with Gasteiger partial charge in [-0.3, -0.25) is 4.21 Å². The summed E-state index contributed by atoms with van der Waals surface area (Å²) in [6.07, 6.45) is 0. The molecule has 0 aliphatic rings. The largest absolute Gasteiger partial charge is 0.389 e. The Kier molecular flexibility index (Phi) is 5.88. The van der Waals surface area contributed by atoms with E-state index in [1.165, 1.54) is 0 Å². The van der Waals surface area contributed by atoms with Crippen LogP contribution in [-0.4, -0.2) is 27.2 Å². The molecule has 6 heteroatoms. The maximum absolute atomic E-state index is 11.2. The van der Waals surface area contributed by atoms with Crippen LogP contribution in [0.2, 0.25) is 5.02 Å². The summed E-state index contributed by atoms with van der Waals surface area (Å²) < 4.78 is 11.2. The maximum Gasteiger partial charge on any atom is 0.105 e. The summed E-state index contributed by atoms with van der Waals surface area (Å²) in [4.78, 5) is 0.286. The van der Waals surface area contributed by atoms with E-state index in [9.17, 15) is 4.21 Å². The van der Waals surface area contributed by atoms with Gasteiger partial charge in [-0.05, 0) is 18.2 Å². The van der Waals surface area contributed by atoms with Gasteiger partial charge in [0, 0.05) is 40.1 Å². The topological polar surface area (TPSA) is 55.1 Å². The standard InChI is InChI=1S/C11H15ClN2OS2/c1-2-17(15)6-5-14-8-3-4-9(11(13)16)10(12)7-8/h3-4,7,14H,2,5-6H2,1H3,(H2,13,16). The summed E-state index contributed by atoms with van der Waals surface area (Å²) >= 11 is 10.9. The van der Waals surface area contributed by atoms with E-state index in [-0.39, 0.29) is 4.99 Å². The Bertz CT molecular complexity index is 437. The van der Waals surface area contributed by atoms with Crippen molar-refractivity contribution in [3.8, 4) is 0 Å². The fourth-order valence-electron chi connectivity index (χ4n) is 1.28. The predicted octanol–water partition coefficient (Wildman–Crippen LogP) is 2.15. The van der Waals surface area contributed by atoms with E-state index >= 15 is 0 Å². The number of nitrogens with one attached hydrogen (secondary N) is 1. The van der Waals surface area contributed by atoms with Crippen molar-refractivity contribution in [1.82, 2.24) is 0 Å². The average molecular weight is 291 g/mol. The van der Waals surface area contributed by atoms with Gasteiger partial charge in [-0.2, -0.15) is 0 Å². The molecule has 0 heterocycles. The van der Waals surface area contributed by atoms with Gasteiger partial charge >= 0.3 is 0 Å². The number of hydrogen-bond acceptors (Lipinski definition) is 3. The molecule has 94 valence electrons. The number of anilines is 1. The molecule has 0 fully saturated rings. The SMILES string of the molecule is CCS(=O)CCNc1ccc(C(N)=S)c(Cl)c1. The van der Waals surface area contributed by atoms with Crippen LogP contribution in [-0.2, 0) is 10.8 Å². The molecule has 0 amide bonds. The van der Waals surface area contributed by atoms with Crippen molar-refractivity contribution < 1.29 is 4.21 Å². The van der Waals surface area contributed by atoms with Gasteiger partial charge in [0.2, 0.25) is 0 Å². The number of rotatable bonds is 6. The summed E-state index contributed by atoms with van der Waals surface area (Å²) in [6, 6.07) is 5.41. The maximum atomic E-state index is 11.2. The lowest BCUT2D eigenvalue weighted by Gasteiger charge is -2.08. The van der Waals surface area contributed by atoms with Gasteiger partial charge in [0.1, 0.15) is 4.99 Å². The Morgan fingerprint density at radius 1 is 1.59 bits per heavy atom. The van der Waals surface area contributed by atoms with Crippen LogP contribution in [0.1, 0.15) is 12.5 Å². The number of halogens is 1. The molecule has 1 aromatic carbocycles. The highest BCUT2D eigenvalue weighted by atomic mass is 35.5. The molecule has 0 spiro atoms. The molecule has 0 aromatic heterocycles. The highest BCUT2D eigenvalue weighted by Gasteiger charge is 2.04. The second-order valence-corrected chi connectivity index (χ2v) is 6.13. The fraction of sp³-hybridized carbons (Fsp3) is 0.364. The molecule has 1 aromatic rings. The van der Waals surface area contributed by atoms with Crippen molar-refractivity contribution in [3.05, 3.63) is 28.8 Å². The molecule has 0 saturated heterocycles. The van der Waals surface area contributed by atoms with Crippen molar-refractivity contribution in [2.45, 2.75) is 6.92 Å². The van der Waals surface area contributed by atoms with Crippen molar-refractivity contribution in [1.29, 1.82) is 0 Å². The minimum absolute atomic E-state index is 0.286. The second-order valence-electron chi connectivity index (χ2n) is 3.42. The molecule has 1 unspecified atom stereocenters. The first-order chi connectivity index (χ1) is 8.04. The van der Waals surface area contributed by atoms with E-state index in [1.54, 1.807) is 12.1 Å². The van der Waals surface area contributed by atoms with Gasteiger partial charge in [-0.1, -0.05) is 30.7 Å². The zero-order chi connectivity index (χ0) is 12.8. The molecule has 0 aliphatic heterocycles. The number of hydrogen-bond donors (Lipinski definition) is 2. The summed E-state index contributed by atoms with van der Waals surface area (Å²) in [7, 11) is -0.754. The molecule has 0 radical (unpaired) electrons. The van der Waals surface area contributed by atoms with E-state index in [0.717, 1.165) is 5.69 Å². The Hall–Kier alpha value is -0.650. The molecule has 1 atom stereocenters. The molecule has 3 N–H and O–H groups in total. The van der Waals surface area contributed by atoms with Crippen LogP contribution in [0.25, 0.3) is 0 Å². The lowest BCUT2D eigenvalue weighted by Crippen LogP contribution is -2.13. The van der Waals surface area contributed by atoms with Gasteiger partial charge in [-0.15, -0.1) is 0 Å². The van der Waals surface area contributed by atoms with E-state index in [4.69, 9.17) is 29.6 Å². The van der Waals surface area contributed by atoms with E-state index in [0.29, 0.717) is 28.6 Å². The second kappa shape index (κ2) is 6.93. The van der Waals surface area contributed by atoms with Gasteiger partial charge in [0.05, 0.1) is 5.02 Å². The van der Waals surface area contributed by atoms with Crippen molar-refractivity contribution >= 4 is 45.3 Å². The van der Waals surface area contributed by atoms with Crippen LogP contribution in [0.5, 0.6) is 0 Å². The Morgan fingerprint density at radius 2 is 2.29 bits per heavy atom. The third kappa shape index (κ3) is 4.61. The van der Waals surface area contributed by atoms with Crippen LogP contribution in [0, 0.1) is 0 Å². The van der Waals surface area contributed by atoms with Gasteiger partial charge in [0.25, 0.3) is 0 Å². The van der Waals surface area contributed by atoms with Gasteiger partial charge in [-0.25, -0.2) is 0 Å². The minimum Gasteiger partial charge on any atom is -0.389 e. The van der Waals surface area contributed by atoms with E-state index in [2.05, 4.69) is 5.32 Å². The minimum atomic E-state index is -0.754. The summed E-state index contributed by atoms with van der Waals surface area (Å²) in [5.41, 5.74) is 7.06. The third-order valence-corrected chi connectivity index (χ3v) is 4.05. The zero-order valence-corrected chi connectivity index (χ0v) is 11.9. The molecule has 17 heavy (non-hydrogen) atoms. The van der Waals surface area contributed by atoms with Crippen LogP contribution in [0.15, 0.2) is 18.2 Å². The van der Waals surface area contributed by atoms with E-state index < -0.39 is 10.8 Å². The summed E-state index contributed by atoms with van der Waals surface area (Å²) in [5, 5.41) is 3.68.